The zero-order valence-electron chi connectivity index (χ0n) is 8.93. The monoisotopic (exact) mass is 211 g/mol. The molecule has 0 radical (unpaired) electrons. The fraction of sp³-hybridized carbons (Fsp3) is 0.231. The van der Waals surface area contributed by atoms with Crippen LogP contribution in [0.5, 0.6) is 0 Å². The maximum atomic E-state index is 5.65. The SMILES string of the molecule is Nc1ncc2c(n1)C(c1ccccc1)CC2. The molecule has 0 fully saturated rings. The summed E-state index contributed by atoms with van der Waals surface area (Å²) in [5.74, 6) is 0.767. The zero-order valence-corrected chi connectivity index (χ0v) is 8.93. The second kappa shape index (κ2) is 3.59. The van der Waals surface area contributed by atoms with Crippen LogP contribution in [0.4, 0.5) is 5.95 Å². The molecule has 3 heteroatoms. The van der Waals surface area contributed by atoms with Gasteiger partial charge in [0.05, 0.1) is 5.69 Å². The zero-order chi connectivity index (χ0) is 11.0. The Labute approximate surface area is 94.4 Å². The van der Waals surface area contributed by atoms with Crippen LogP contribution in [0, 0.1) is 0 Å². The van der Waals surface area contributed by atoms with Crippen LogP contribution < -0.4 is 5.73 Å². The van der Waals surface area contributed by atoms with Gasteiger partial charge in [-0.25, -0.2) is 9.97 Å². The Morgan fingerprint density at radius 3 is 2.81 bits per heavy atom. The van der Waals surface area contributed by atoms with Gasteiger partial charge < -0.3 is 5.73 Å². The van der Waals surface area contributed by atoms with Gasteiger partial charge in [0.2, 0.25) is 5.95 Å². The molecule has 1 atom stereocenters. The number of nitrogen functional groups attached to an aromatic ring is 1. The minimum absolute atomic E-state index is 0.376. The standard InChI is InChI=1S/C13H13N3/c14-13-15-8-10-6-7-11(12(10)16-13)9-4-2-1-3-5-9/h1-5,8,11H,6-7H2,(H2,14,15,16). The summed E-state index contributed by atoms with van der Waals surface area (Å²) in [5, 5.41) is 0. The molecule has 0 saturated heterocycles. The predicted molar refractivity (Wildman–Crippen MR) is 63.1 cm³/mol. The van der Waals surface area contributed by atoms with Gasteiger partial charge in [0.1, 0.15) is 0 Å². The first kappa shape index (κ1) is 9.33. The van der Waals surface area contributed by atoms with Crippen molar-refractivity contribution in [1.82, 2.24) is 9.97 Å². The van der Waals surface area contributed by atoms with Gasteiger partial charge in [-0.3, -0.25) is 0 Å². The molecule has 2 N–H and O–H groups in total. The molecule has 1 heterocycles. The van der Waals surface area contributed by atoms with Crippen molar-refractivity contribution in [2.24, 2.45) is 0 Å². The second-order valence-electron chi connectivity index (χ2n) is 4.14. The molecule has 1 aromatic carbocycles. The molecular weight excluding hydrogens is 198 g/mol. The minimum atomic E-state index is 0.376. The summed E-state index contributed by atoms with van der Waals surface area (Å²) in [7, 11) is 0. The van der Waals surface area contributed by atoms with Crippen LogP contribution in [0.15, 0.2) is 36.5 Å². The highest BCUT2D eigenvalue weighted by molar-refractivity contribution is 5.39. The summed E-state index contributed by atoms with van der Waals surface area (Å²) in [6, 6.07) is 10.5. The van der Waals surface area contributed by atoms with Gasteiger partial charge in [-0.15, -0.1) is 0 Å². The average molecular weight is 211 g/mol. The maximum absolute atomic E-state index is 5.65. The lowest BCUT2D eigenvalue weighted by atomic mass is 9.97. The summed E-state index contributed by atoms with van der Waals surface area (Å²) >= 11 is 0. The lowest BCUT2D eigenvalue weighted by Crippen LogP contribution is -2.03. The second-order valence-corrected chi connectivity index (χ2v) is 4.14. The number of rotatable bonds is 1. The van der Waals surface area contributed by atoms with Crippen molar-refractivity contribution < 1.29 is 0 Å². The molecule has 0 aliphatic heterocycles. The molecule has 2 aromatic rings. The molecule has 0 spiro atoms. The molecule has 1 unspecified atom stereocenters. The van der Waals surface area contributed by atoms with Crippen LogP contribution in [-0.2, 0) is 6.42 Å². The van der Waals surface area contributed by atoms with Gasteiger partial charge in [0.25, 0.3) is 0 Å². The first-order chi connectivity index (χ1) is 7.84. The third kappa shape index (κ3) is 1.45. The summed E-state index contributed by atoms with van der Waals surface area (Å²) in [6.45, 7) is 0. The van der Waals surface area contributed by atoms with Gasteiger partial charge in [-0.05, 0) is 24.0 Å². The molecule has 0 amide bonds. The maximum Gasteiger partial charge on any atom is 0.220 e. The van der Waals surface area contributed by atoms with Crippen molar-refractivity contribution in [2.45, 2.75) is 18.8 Å². The normalized spacial score (nSPS) is 18.4. The van der Waals surface area contributed by atoms with Gasteiger partial charge in [-0.1, -0.05) is 30.3 Å². The van der Waals surface area contributed by atoms with E-state index in [1.54, 1.807) is 0 Å². The van der Waals surface area contributed by atoms with Crippen LogP contribution in [0.25, 0.3) is 0 Å². The fourth-order valence-corrected chi connectivity index (χ4v) is 2.38. The summed E-state index contributed by atoms with van der Waals surface area (Å²) in [5.41, 5.74) is 9.32. The van der Waals surface area contributed by atoms with E-state index >= 15 is 0 Å². The predicted octanol–water partition coefficient (Wildman–Crippen LogP) is 2.14. The van der Waals surface area contributed by atoms with Gasteiger partial charge >= 0.3 is 0 Å². The molecule has 1 aromatic heterocycles. The smallest absolute Gasteiger partial charge is 0.220 e. The molecule has 3 nitrogen and oxygen atoms in total. The third-order valence-electron chi connectivity index (χ3n) is 3.15. The third-order valence-corrected chi connectivity index (χ3v) is 3.15. The van der Waals surface area contributed by atoms with Gasteiger partial charge in [0, 0.05) is 12.1 Å². The fourth-order valence-electron chi connectivity index (χ4n) is 2.38. The van der Waals surface area contributed by atoms with E-state index in [1.165, 1.54) is 11.1 Å². The number of hydrogen-bond acceptors (Lipinski definition) is 3. The average Bonchev–Trinajstić information content (AvgIpc) is 2.73. The van der Waals surface area contributed by atoms with Crippen LogP contribution in [0.3, 0.4) is 0 Å². The van der Waals surface area contributed by atoms with E-state index in [4.69, 9.17) is 5.73 Å². The summed E-state index contributed by atoms with van der Waals surface area (Å²) in [4.78, 5) is 8.42. The van der Waals surface area contributed by atoms with Crippen molar-refractivity contribution in [1.29, 1.82) is 0 Å². The summed E-state index contributed by atoms with van der Waals surface area (Å²) < 4.78 is 0. The minimum Gasteiger partial charge on any atom is -0.368 e. The lowest BCUT2D eigenvalue weighted by Gasteiger charge is -2.10. The molecule has 1 aliphatic rings. The largest absolute Gasteiger partial charge is 0.368 e. The van der Waals surface area contributed by atoms with E-state index in [-0.39, 0.29) is 0 Å². The Kier molecular flexibility index (Phi) is 2.10. The number of nitrogens with zero attached hydrogens (tertiary/aromatic N) is 2. The Balaban J connectivity index is 2.06. The molecule has 0 saturated carbocycles. The van der Waals surface area contributed by atoms with E-state index < -0.39 is 0 Å². The Bertz CT molecular complexity index is 508. The number of nitrogens with two attached hydrogens (primary N) is 1. The molecule has 80 valence electrons. The van der Waals surface area contributed by atoms with Crippen molar-refractivity contribution in [3.8, 4) is 0 Å². The topological polar surface area (TPSA) is 51.8 Å². The number of anilines is 1. The van der Waals surface area contributed by atoms with E-state index in [1.807, 2.05) is 12.3 Å². The Morgan fingerprint density at radius 2 is 2.00 bits per heavy atom. The summed E-state index contributed by atoms with van der Waals surface area (Å²) in [6.07, 6.45) is 4.02. The number of hydrogen-bond donors (Lipinski definition) is 1. The molecule has 0 bridgehead atoms. The molecule has 3 rings (SSSR count). The molecular formula is C13H13N3. The van der Waals surface area contributed by atoms with E-state index in [2.05, 4.69) is 34.2 Å². The number of benzene rings is 1. The number of fused-ring (bicyclic) bond motifs is 1. The van der Waals surface area contributed by atoms with Gasteiger partial charge in [0.15, 0.2) is 0 Å². The first-order valence-electron chi connectivity index (χ1n) is 5.51. The number of aromatic nitrogens is 2. The Hall–Kier alpha value is -1.90. The molecule has 1 aliphatic carbocycles. The van der Waals surface area contributed by atoms with Crippen LogP contribution >= 0.6 is 0 Å². The van der Waals surface area contributed by atoms with Crippen LogP contribution in [0.1, 0.15) is 29.2 Å². The van der Waals surface area contributed by atoms with E-state index in [0.717, 1.165) is 18.5 Å². The highest BCUT2D eigenvalue weighted by atomic mass is 15.0. The van der Waals surface area contributed by atoms with Crippen molar-refractivity contribution in [2.75, 3.05) is 5.73 Å². The van der Waals surface area contributed by atoms with E-state index in [0.29, 0.717) is 11.9 Å². The van der Waals surface area contributed by atoms with Crippen LogP contribution in [0.2, 0.25) is 0 Å². The van der Waals surface area contributed by atoms with Crippen molar-refractivity contribution in [3.05, 3.63) is 53.3 Å². The lowest BCUT2D eigenvalue weighted by molar-refractivity contribution is 0.772. The Morgan fingerprint density at radius 1 is 1.19 bits per heavy atom. The number of aryl methyl sites for hydroxylation is 1. The van der Waals surface area contributed by atoms with Crippen LogP contribution in [-0.4, -0.2) is 9.97 Å². The first-order valence-corrected chi connectivity index (χ1v) is 5.51. The molecule has 16 heavy (non-hydrogen) atoms. The van der Waals surface area contributed by atoms with Gasteiger partial charge in [-0.2, -0.15) is 0 Å². The highest BCUT2D eigenvalue weighted by Crippen LogP contribution is 2.36. The van der Waals surface area contributed by atoms with E-state index in [9.17, 15) is 0 Å². The highest BCUT2D eigenvalue weighted by Gasteiger charge is 2.25. The quantitative estimate of drug-likeness (QED) is 0.786. The van der Waals surface area contributed by atoms with Crippen molar-refractivity contribution in [3.63, 3.8) is 0 Å². The van der Waals surface area contributed by atoms with Crippen molar-refractivity contribution >= 4 is 5.95 Å².